The number of urea groups is 1. The largest absolute Gasteiger partial charge is 0.410 e. The first kappa shape index (κ1) is 20.7. The minimum Gasteiger partial charge on any atom is -0.410 e. The number of amidine groups is 1. The number of carbonyl (C=O) groups is 1. The molecule has 0 radical (unpaired) electrons. The van der Waals surface area contributed by atoms with Gasteiger partial charge in [-0.15, -0.1) is 0 Å². The van der Waals surface area contributed by atoms with Gasteiger partial charge in [0.25, 0.3) is 0 Å². The number of benzene rings is 3. The zero-order valence-electron chi connectivity index (χ0n) is 17.3. The van der Waals surface area contributed by atoms with Gasteiger partial charge in [0.2, 0.25) is 5.84 Å². The molecule has 1 aliphatic heterocycles. The number of carbonyl (C=O) groups excluding carboxylic acids is 1. The second-order valence-corrected chi connectivity index (χ2v) is 7.32. The van der Waals surface area contributed by atoms with Crippen molar-refractivity contribution < 1.29 is 15.2 Å². The summed E-state index contributed by atoms with van der Waals surface area (Å²) < 4.78 is 0. The summed E-state index contributed by atoms with van der Waals surface area (Å²) in [6.45, 7) is 1.75. The molecule has 3 aromatic rings. The van der Waals surface area contributed by atoms with Crippen molar-refractivity contribution in [3.8, 4) is 0 Å². The Hall–Kier alpha value is -4.53. The average Bonchev–Trinajstić information content (AvgIpc) is 3.09. The van der Waals surface area contributed by atoms with Crippen LogP contribution in [0.15, 0.2) is 95.2 Å². The summed E-state index contributed by atoms with van der Waals surface area (Å²) in [5, 5.41) is 32.6. The maximum atomic E-state index is 13.2. The predicted octanol–water partition coefficient (Wildman–Crippen LogP) is 3.55. The molecule has 5 N–H and O–H groups in total. The molecular weight excluding hydrogens is 408 g/mol. The molecule has 0 saturated carbocycles. The van der Waals surface area contributed by atoms with E-state index >= 15 is 0 Å². The van der Waals surface area contributed by atoms with Crippen LogP contribution in [-0.4, -0.2) is 33.0 Å². The second kappa shape index (κ2) is 8.31. The van der Waals surface area contributed by atoms with Crippen LogP contribution in [0.4, 0.5) is 16.2 Å². The van der Waals surface area contributed by atoms with E-state index in [1.807, 2.05) is 12.1 Å². The number of para-hydroxylation sites is 1. The lowest BCUT2D eigenvalue weighted by molar-refractivity contribution is 0.207. The Balaban J connectivity index is 1.92. The van der Waals surface area contributed by atoms with Gasteiger partial charge in [-0.3, -0.25) is 0 Å². The predicted molar refractivity (Wildman–Crippen MR) is 121 cm³/mol. The third-order valence-electron chi connectivity index (χ3n) is 5.29. The number of rotatable bonds is 4. The molecule has 1 aliphatic rings. The average molecular weight is 430 g/mol. The minimum absolute atomic E-state index is 0.0211. The number of nitrogen functional groups attached to an aromatic ring is 1. The van der Waals surface area contributed by atoms with E-state index in [-0.39, 0.29) is 11.5 Å². The van der Waals surface area contributed by atoms with Gasteiger partial charge in [-0.2, -0.15) is 5.01 Å². The molecular formula is C23H22N6O3. The van der Waals surface area contributed by atoms with Crippen LogP contribution >= 0.6 is 0 Å². The van der Waals surface area contributed by atoms with Gasteiger partial charge < -0.3 is 21.5 Å². The molecule has 4 rings (SSSR count). The van der Waals surface area contributed by atoms with Gasteiger partial charge in [0.15, 0.2) is 11.4 Å². The molecule has 1 atom stereocenters. The monoisotopic (exact) mass is 430 g/mol. The van der Waals surface area contributed by atoms with E-state index in [1.165, 1.54) is 10.0 Å². The van der Waals surface area contributed by atoms with Crippen molar-refractivity contribution in [3.63, 3.8) is 0 Å². The Labute approximate surface area is 184 Å². The number of amides is 2. The number of anilines is 2. The van der Waals surface area contributed by atoms with Crippen molar-refractivity contribution in [1.29, 1.82) is 0 Å². The Morgan fingerprint density at radius 3 is 2.06 bits per heavy atom. The van der Waals surface area contributed by atoms with E-state index in [2.05, 4.69) is 15.6 Å². The fraction of sp³-hybridized carbons (Fsp3) is 0.0870. The molecule has 0 aromatic heterocycles. The summed E-state index contributed by atoms with van der Waals surface area (Å²) >= 11 is 0. The Morgan fingerprint density at radius 2 is 1.50 bits per heavy atom. The zero-order chi connectivity index (χ0) is 22.7. The van der Waals surface area contributed by atoms with Gasteiger partial charge >= 0.3 is 6.03 Å². The van der Waals surface area contributed by atoms with Crippen molar-refractivity contribution in [3.05, 3.63) is 96.1 Å². The molecule has 32 heavy (non-hydrogen) atoms. The number of hydrazine groups is 1. The van der Waals surface area contributed by atoms with Gasteiger partial charge in [-0.1, -0.05) is 71.0 Å². The van der Waals surface area contributed by atoms with Gasteiger partial charge in [0, 0.05) is 11.3 Å². The number of nitrogens with two attached hydrogens (primary N) is 1. The van der Waals surface area contributed by atoms with Gasteiger partial charge in [-0.25, -0.2) is 9.80 Å². The standard InChI is InChI=1S/C23H22N6O3/c1-23(17-12-14-18(24)15-13-17)25-22(30)28(19-10-6-3-7-11-19)29(23)21(27-32)20(26-31)16-8-4-2-5-9-16/h2-15,31-32H,24H2,1H3,(H,25,30)/b26-20+,27-21+. The lowest BCUT2D eigenvalue weighted by atomic mass is 9.99. The van der Waals surface area contributed by atoms with Crippen LogP contribution < -0.4 is 16.1 Å². The van der Waals surface area contributed by atoms with E-state index in [0.717, 1.165) is 0 Å². The van der Waals surface area contributed by atoms with Crippen LogP contribution in [-0.2, 0) is 5.66 Å². The third-order valence-corrected chi connectivity index (χ3v) is 5.29. The van der Waals surface area contributed by atoms with E-state index in [1.54, 1.807) is 79.7 Å². The normalized spacial score (nSPS) is 19.2. The molecule has 3 aromatic carbocycles. The lowest BCUT2D eigenvalue weighted by Gasteiger charge is -2.39. The quantitative estimate of drug-likeness (QED) is 0.166. The van der Waals surface area contributed by atoms with Gasteiger partial charge in [-0.05, 0) is 36.8 Å². The molecule has 9 nitrogen and oxygen atoms in total. The van der Waals surface area contributed by atoms with E-state index in [9.17, 15) is 15.2 Å². The number of nitrogens with zero attached hydrogens (tertiary/aromatic N) is 4. The summed E-state index contributed by atoms with van der Waals surface area (Å²) in [4.78, 5) is 13.2. The molecule has 0 bridgehead atoms. The molecule has 1 heterocycles. The van der Waals surface area contributed by atoms with E-state index < -0.39 is 11.7 Å². The number of hydrogen-bond donors (Lipinski definition) is 4. The molecule has 162 valence electrons. The van der Waals surface area contributed by atoms with Crippen LogP contribution in [0.25, 0.3) is 0 Å². The SMILES string of the molecule is CC1(c2ccc(N)cc2)NC(=O)N(c2ccccc2)N1C(=N/O)/C(=N/O)c1ccccc1. The smallest absolute Gasteiger partial charge is 0.343 e. The highest BCUT2D eigenvalue weighted by Crippen LogP contribution is 2.36. The van der Waals surface area contributed by atoms with Crippen LogP contribution in [0.5, 0.6) is 0 Å². The first-order chi connectivity index (χ1) is 15.5. The van der Waals surface area contributed by atoms with Crippen molar-refractivity contribution >= 4 is 29.0 Å². The summed E-state index contributed by atoms with van der Waals surface area (Å²) in [6, 6.07) is 24.1. The van der Waals surface area contributed by atoms with Crippen molar-refractivity contribution in [1.82, 2.24) is 10.3 Å². The molecule has 0 aliphatic carbocycles. The van der Waals surface area contributed by atoms with Crippen molar-refractivity contribution in [2.45, 2.75) is 12.6 Å². The molecule has 1 unspecified atom stereocenters. The van der Waals surface area contributed by atoms with E-state index in [4.69, 9.17) is 5.73 Å². The first-order valence-electron chi connectivity index (χ1n) is 9.83. The Bertz CT molecular complexity index is 1170. The Morgan fingerprint density at radius 1 is 0.906 bits per heavy atom. The van der Waals surface area contributed by atoms with Crippen LogP contribution in [0, 0.1) is 0 Å². The van der Waals surface area contributed by atoms with Crippen molar-refractivity contribution in [2.24, 2.45) is 10.3 Å². The minimum atomic E-state index is -1.20. The highest BCUT2D eigenvalue weighted by molar-refractivity contribution is 6.47. The molecule has 0 spiro atoms. The van der Waals surface area contributed by atoms with Crippen molar-refractivity contribution in [2.75, 3.05) is 10.7 Å². The number of oxime groups is 2. The second-order valence-electron chi connectivity index (χ2n) is 7.32. The summed E-state index contributed by atoms with van der Waals surface area (Å²) in [5.74, 6) is -0.139. The highest BCUT2D eigenvalue weighted by atomic mass is 16.4. The fourth-order valence-corrected chi connectivity index (χ4v) is 3.73. The summed E-state index contributed by atoms with van der Waals surface area (Å²) in [7, 11) is 0. The van der Waals surface area contributed by atoms with Crippen LogP contribution in [0.1, 0.15) is 18.1 Å². The van der Waals surface area contributed by atoms with Gasteiger partial charge in [0.05, 0.1) is 5.69 Å². The molecule has 1 saturated heterocycles. The highest BCUT2D eigenvalue weighted by Gasteiger charge is 2.51. The van der Waals surface area contributed by atoms with E-state index in [0.29, 0.717) is 22.5 Å². The maximum absolute atomic E-state index is 13.2. The van der Waals surface area contributed by atoms with Crippen LogP contribution in [0.2, 0.25) is 0 Å². The zero-order valence-corrected chi connectivity index (χ0v) is 17.3. The number of hydrogen-bond acceptors (Lipinski definition) is 6. The summed E-state index contributed by atoms with van der Waals surface area (Å²) in [6.07, 6.45) is 0. The number of nitrogens with one attached hydrogen (secondary N) is 1. The molecule has 2 amide bonds. The summed E-state index contributed by atoms with van der Waals surface area (Å²) in [5.41, 5.74) is 6.88. The molecule has 1 fully saturated rings. The molecule has 9 heteroatoms. The Kier molecular flexibility index (Phi) is 5.38. The lowest BCUT2D eigenvalue weighted by Crippen LogP contribution is -2.55. The maximum Gasteiger partial charge on any atom is 0.343 e. The fourth-order valence-electron chi connectivity index (χ4n) is 3.73. The first-order valence-corrected chi connectivity index (χ1v) is 9.83. The topological polar surface area (TPSA) is 127 Å². The third kappa shape index (κ3) is 3.45. The van der Waals surface area contributed by atoms with Crippen LogP contribution in [0.3, 0.4) is 0 Å². The van der Waals surface area contributed by atoms with Gasteiger partial charge in [0.1, 0.15) is 0 Å².